The molecule has 0 bridgehead atoms. The maximum Gasteiger partial charge on any atom is 0.258 e. The molecule has 0 fully saturated rings. The number of aromatic nitrogens is 2. The van der Waals surface area contributed by atoms with Crippen LogP contribution in [0.2, 0.25) is 0 Å². The molecule has 1 aliphatic rings. The number of carbonyl (C=O) groups is 1. The molecule has 2 aromatic carbocycles. The van der Waals surface area contributed by atoms with Crippen molar-refractivity contribution in [3.05, 3.63) is 60.4 Å². The topological polar surface area (TPSA) is 65.4 Å². The van der Waals surface area contributed by atoms with Gasteiger partial charge in [0.05, 0.1) is 23.7 Å². The number of amides is 1. The Kier molecular flexibility index (Phi) is 4.35. The van der Waals surface area contributed by atoms with E-state index < -0.39 is 0 Å². The van der Waals surface area contributed by atoms with Crippen molar-refractivity contribution < 1.29 is 14.3 Å². The maximum atomic E-state index is 12.1. The van der Waals surface area contributed by atoms with Crippen LogP contribution in [0.1, 0.15) is 11.9 Å². The Labute approximate surface area is 145 Å². The zero-order chi connectivity index (χ0) is 17.1. The van der Waals surface area contributed by atoms with Gasteiger partial charge in [0.2, 0.25) is 0 Å². The highest BCUT2D eigenvalue weighted by Gasteiger charge is 2.24. The summed E-state index contributed by atoms with van der Waals surface area (Å²) >= 11 is 0. The zero-order valence-corrected chi connectivity index (χ0v) is 13.7. The first-order valence-electron chi connectivity index (χ1n) is 8.29. The van der Waals surface area contributed by atoms with Crippen molar-refractivity contribution in [1.82, 2.24) is 14.9 Å². The van der Waals surface area contributed by atoms with Crippen molar-refractivity contribution in [3.8, 4) is 5.75 Å². The van der Waals surface area contributed by atoms with Crippen LogP contribution in [0.5, 0.6) is 5.75 Å². The monoisotopic (exact) mass is 337 g/mol. The molecule has 4 rings (SSSR count). The molecule has 6 nitrogen and oxygen atoms in total. The molecule has 1 atom stereocenters. The molecule has 6 heteroatoms. The second kappa shape index (κ2) is 6.94. The second-order valence-corrected chi connectivity index (χ2v) is 5.96. The summed E-state index contributed by atoms with van der Waals surface area (Å²) in [5.74, 6) is 1.43. The summed E-state index contributed by atoms with van der Waals surface area (Å²) in [6, 6.07) is 17.3. The maximum absolute atomic E-state index is 12.1. The number of carbonyl (C=O) groups excluding carboxylic acids is 1. The fourth-order valence-electron chi connectivity index (χ4n) is 3.06. The van der Waals surface area contributed by atoms with Crippen LogP contribution in [-0.4, -0.2) is 35.2 Å². The minimum Gasteiger partial charge on any atom is -0.484 e. The number of ether oxygens (including phenoxy) is 2. The summed E-state index contributed by atoms with van der Waals surface area (Å²) < 4.78 is 13.3. The van der Waals surface area contributed by atoms with Crippen molar-refractivity contribution in [2.75, 3.05) is 19.8 Å². The zero-order valence-electron chi connectivity index (χ0n) is 13.7. The summed E-state index contributed by atoms with van der Waals surface area (Å²) in [4.78, 5) is 16.7. The van der Waals surface area contributed by atoms with E-state index in [9.17, 15) is 4.79 Å². The lowest BCUT2D eigenvalue weighted by molar-refractivity contribution is -0.123. The summed E-state index contributed by atoms with van der Waals surface area (Å²) in [7, 11) is 0. The number of hydrogen-bond donors (Lipinski definition) is 1. The van der Waals surface area contributed by atoms with E-state index in [1.807, 2.05) is 54.6 Å². The number of nitrogens with one attached hydrogen (secondary N) is 1. The molecule has 2 heterocycles. The quantitative estimate of drug-likeness (QED) is 0.776. The molecule has 0 saturated carbocycles. The predicted molar refractivity (Wildman–Crippen MR) is 93.4 cm³/mol. The molecule has 0 radical (unpaired) electrons. The standard InChI is InChI=1S/C19H19N3O3/c23-19(13-25-15-6-2-1-3-7-15)20-10-14-11-24-12-18-21-16-8-4-5-9-17(16)22(14)18/h1-9,14H,10-13H2,(H,20,23)/t14-/m0/s1. The molecule has 0 aliphatic carbocycles. The van der Waals surface area contributed by atoms with Gasteiger partial charge in [-0.3, -0.25) is 4.79 Å². The number of rotatable bonds is 5. The Hall–Kier alpha value is -2.86. The first-order chi connectivity index (χ1) is 12.3. The van der Waals surface area contributed by atoms with E-state index in [1.54, 1.807) is 0 Å². The van der Waals surface area contributed by atoms with Crippen LogP contribution < -0.4 is 10.1 Å². The van der Waals surface area contributed by atoms with Gasteiger partial charge < -0.3 is 19.4 Å². The summed E-state index contributed by atoms with van der Waals surface area (Å²) in [6.07, 6.45) is 0. The van der Waals surface area contributed by atoms with E-state index in [0.717, 1.165) is 16.9 Å². The molecule has 3 aromatic rings. The number of hydrogen-bond acceptors (Lipinski definition) is 4. The van der Waals surface area contributed by atoms with E-state index in [4.69, 9.17) is 9.47 Å². The van der Waals surface area contributed by atoms with Gasteiger partial charge in [-0.2, -0.15) is 0 Å². The molecule has 1 amide bonds. The van der Waals surface area contributed by atoms with E-state index in [1.165, 1.54) is 0 Å². The normalized spacial score (nSPS) is 16.4. The lowest BCUT2D eigenvalue weighted by Gasteiger charge is -2.26. The van der Waals surface area contributed by atoms with Gasteiger partial charge in [-0.15, -0.1) is 0 Å². The summed E-state index contributed by atoms with van der Waals surface area (Å²) in [5, 5.41) is 2.93. The fraction of sp³-hybridized carbons (Fsp3) is 0.263. The minimum absolute atomic E-state index is 0.00484. The average Bonchev–Trinajstić information content (AvgIpc) is 3.04. The van der Waals surface area contributed by atoms with Crippen LogP contribution in [0, 0.1) is 0 Å². The predicted octanol–water partition coefficient (Wildman–Crippen LogP) is 2.30. The molecule has 0 unspecified atom stereocenters. The highest BCUT2D eigenvalue weighted by atomic mass is 16.5. The van der Waals surface area contributed by atoms with Crippen molar-refractivity contribution in [2.24, 2.45) is 0 Å². The van der Waals surface area contributed by atoms with E-state index in [-0.39, 0.29) is 18.6 Å². The van der Waals surface area contributed by atoms with Gasteiger partial charge in [-0.25, -0.2) is 4.98 Å². The van der Waals surface area contributed by atoms with E-state index >= 15 is 0 Å². The Morgan fingerprint density at radius 1 is 1.20 bits per heavy atom. The largest absolute Gasteiger partial charge is 0.484 e. The van der Waals surface area contributed by atoms with Gasteiger partial charge in [0.1, 0.15) is 18.2 Å². The SMILES string of the molecule is O=C(COc1ccccc1)NC[C@H]1COCc2nc3ccccc3n21. The third-order valence-electron chi connectivity index (χ3n) is 4.22. The van der Waals surface area contributed by atoms with Crippen LogP contribution in [0.25, 0.3) is 11.0 Å². The first-order valence-corrected chi connectivity index (χ1v) is 8.29. The molecule has 128 valence electrons. The van der Waals surface area contributed by atoms with E-state index in [2.05, 4.69) is 14.9 Å². The van der Waals surface area contributed by atoms with Crippen molar-refractivity contribution in [1.29, 1.82) is 0 Å². The lowest BCUT2D eigenvalue weighted by atomic mass is 10.2. The molecular formula is C19H19N3O3. The Bertz CT molecular complexity index is 876. The van der Waals surface area contributed by atoms with Crippen LogP contribution in [-0.2, 0) is 16.1 Å². The number of benzene rings is 2. The molecule has 0 saturated heterocycles. The summed E-state index contributed by atoms with van der Waals surface area (Å²) in [5.41, 5.74) is 2.02. The fourth-order valence-corrected chi connectivity index (χ4v) is 3.06. The highest BCUT2D eigenvalue weighted by molar-refractivity contribution is 5.78. The van der Waals surface area contributed by atoms with Crippen molar-refractivity contribution in [2.45, 2.75) is 12.6 Å². The molecule has 25 heavy (non-hydrogen) atoms. The number of fused-ring (bicyclic) bond motifs is 3. The van der Waals surface area contributed by atoms with Crippen molar-refractivity contribution >= 4 is 16.9 Å². The molecule has 0 spiro atoms. The molecular weight excluding hydrogens is 318 g/mol. The molecule has 1 aliphatic heterocycles. The highest BCUT2D eigenvalue weighted by Crippen LogP contribution is 2.25. The number of nitrogens with zero attached hydrogens (tertiary/aromatic N) is 2. The van der Waals surface area contributed by atoms with Gasteiger partial charge in [-0.05, 0) is 24.3 Å². The molecule has 1 aromatic heterocycles. The number of imidazole rings is 1. The van der Waals surface area contributed by atoms with Crippen LogP contribution in [0.4, 0.5) is 0 Å². The lowest BCUT2D eigenvalue weighted by Crippen LogP contribution is -2.37. The summed E-state index contributed by atoms with van der Waals surface area (Å²) in [6.45, 7) is 1.52. The molecule has 1 N–H and O–H groups in total. The van der Waals surface area contributed by atoms with Gasteiger partial charge in [0, 0.05) is 6.54 Å². The second-order valence-electron chi connectivity index (χ2n) is 5.96. The first kappa shape index (κ1) is 15.7. The average molecular weight is 337 g/mol. The van der Waals surface area contributed by atoms with Gasteiger partial charge >= 0.3 is 0 Å². The third kappa shape index (κ3) is 3.34. The smallest absolute Gasteiger partial charge is 0.258 e. The van der Waals surface area contributed by atoms with Gasteiger partial charge in [0.25, 0.3) is 5.91 Å². The van der Waals surface area contributed by atoms with Crippen molar-refractivity contribution in [3.63, 3.8) is 0 Å². The Morgan fingerprint density at radius 2 is 2.00 bits per heavy atom. The van der Waals surface area contributed by atoms with Crippen LogP contribution >= 0.6 is 0 Å². The van der Waals surface area contributed by atoms with Gasteiger partial charge in [-0.1, -0.05) is 30.3 Å². The third-order valence-corrected chi connectivity index (χ3v) is 4.22. The Morgan fingerprint density at radius 3 is 2.88 bits per heavy atom. The Balaban J connectivity index is 1.40. The van der Waals surface area contributed by atoms with Crippen LogP contribution in [0.15, 0.2) is 54.6 Å². The van der Waals surface area contributed by atoms with Gasteiger partial charge in [0.15, 0.2) is 6.61 Å². The van der Waals surface area contributed by atoms with Crippen LogP contribution in [0.3, 0.4) is 0 Å². The minimum atomic E-state index is -0.152. The number of para-hydroxylation sites is 3. The van der Waals surface area contributed by atoms with E-state index in [0.29, 0.717) is 25.5 Å².